The Morgan fingerprint density at radius 2 is 1.81 bits per heavy atom. The third-order valence-electron chi connectivity index (χ3n) is 4.72. The van der Waals surface area contributed by atoms with Crippen molar-refractivity contribution in [2.45, 2.75) is 58.5 Å². The standard InChI is InChI=1S/C18H28N2O/c1-12(2)15-6-4-5-7-16(15)20-18(21)17(19)14-10-8-13(3)9-11-14/h8-12,15-17H,4-7,19H2,1-3H3,(H,20,21). The van der Waals surface area contributed by atoms with E-state index in [4.69, 9.17) is 5.73 Å². The summed E-state index contributed by atoms with van der Waals surface area (Å²) in [7, 11) is 0. The summed E-state index contributed by atoms with van der Waals surface area (Å²) in [5.74, 6) is 1.13. The smallest absolute Gasteiger partial charge is 0.241 e. The van der Waals surface area contributed by atoms with Crippen LogP contribution in [0.1, 0.15) is 56.7 Å². The minimum Gasteiger partial charge on any atom is -0.351 e. The fourth-order valence-electron chi connectivity index (χ4n) is 3.33. The van der Waals surface area contributed by atoms with E-state index >= 15 is 0 Å². The van der Waals surface area contributed by atoms with E-state index < -0.39 is 6.04 Å². The molecular weight excluding hydrogens is 260 g/mol. The van der Waals surface area contributed by atoms with Crippen molar-refractivity contribution >= 4 is 5.91 Å². The second kappa shape index (κ2) is 7.08. The van der Waals surface area contributed by atoms with E-state index in [0.717, 1.165) is 12.0 Å². The van der Waals surface area contributed by atoms with E-state index in [-0.39, 0.29) is 11.9 Å². The first-order valence-electron chi connectivity index (χ1n) is 8.11. The molecule has 0 bridgehead atoms. The number of benzene rings is 1. The lowest BCUT2D eigenvalue weighted by molar-refractivity contribution is -0.124. The van der Waals surface area contributed by atoms with Crippen LogP contribution in [0, 0.1) is 18.8 Å². The van der Waals surface area contributed by atoms with Gasteiger partial charge in [-0.15, -0.1) is 0 Å². The van der Waals surface area contributed by atoms with Crippen molar-refractivity contribution < 1.29 is 4.79 Å². The van der Waals surface area contributed by atoms with Crippen LogP contribution in [0.2, 0.25) is 0 Å². The van der Waals surface area contributed by atoms with Crippen molar-refractivity contribution in [2.24, 2.45) is 17.6 Å². The van der Waals surface area contributed by atoms with Gasteiger partial charge in [0.15, 0.2) is 0 Å². The molecule has 3 atom stereocenters. The number of rotatable bonds is 4. The van der Waals surface area contributed by atoms with Gasteiger partial charge < -0.3 is 11.1 Å². The summed E-state index contributed by atoms with van der Waals surface area (Å²) in [6, 6.07) is 7.60. The van der Waals surface area contributed by atoms with Crippen LogP contribution in [0.15, 0.2) is 24.3 Å². The predicted molar refractivity (Wildman–Crippen MR) is 86.8 cm³/mol. The maximum Gasteiger partial charge on any atom is 0.241 e. The molecule has 0 radical (unpaired) electrons. The molecule has 0 aromatic heterocycles. The van der Waals surface area contributed by atoms with E-state index in [1.807, 2.05) is 31.2 Å². The lowest BCUT2D eigenvalue weighted by Crippen LogP contribution is -2.47. The summed E-state index contributed by atoms with van der Waals surface area (Å²) < 4.78 is 0. The molecule has 3 unspecified atom stereocenters. The van der Waals surface area contributed by atoms with Crippen LogP contribution in [0.5, 0.6) is 0 Å². The third-order valence-corrected chi connectivity index (χ3v) is 4.72. The van der Waals surface area contributed by atoms with Crippen LogP contribution in [-0.2, 0) is 4.79 Å². The Bertz CT molecular complexity index is 467. The van der Waals surface area contributed by atoms with E-state index in [0.29, 0.717) is 11.8 Å². The number of amides is 1. The molecule has 3 heteroatoms. The summed E-state index contributed by atoms with van der Waals surface area (Å²) in [5.41, 5.74) is 8.18. The molecule has 1 amide bonds. The van der Waals surface area contributed by atoms with Crippen molar-refractivity contribution in [1.82, 2.24) is 5.32 Å². The lowest BCUT2D eigenvalue weighted by atomic mass is 9.77. The number of hydrogen-bond acceptors (Lipinski definition) is 2. The molecule has 1 aliphatic carbocycles. The fourth-order valence-corrected chi connectivity index (χ4v) is 3.33. The van der Waals surface area contributed by atoms with Crippen molar-refractivity contribution in [2.75, 3.05) is 0 Å². The zero-order valence-corrected chi connectivity index (χ0v) is 13.4. The summed E-state index contributed by atoms with van der Waals surface area (Å²) in [4.78, 5) is 12.4. The van der Waals surface area contributed by atoms with Gasteiger partial charge in [-0.3, -0.25) is 4.79 Å². The van der Waals surface area contributed by atoms with E-state index in [9.17, 15) is 4.79 Å². The highest BCUT2D eigenvalue weighted by Crippen LogP contribution is 2.30. The zero-order valence-electron chi connectivity index (χ0n) is 13.4. The van der Waals surface area contributed by atoms with Gasteiger partial charge in [0, 0.05) is 6.04 Å². The average molecular weight is 288 g/mol. The predicted octanol–water partition coefficient (Wildman–Crippen LogP) is 3.33. The van der Waals surface area contributed by atoms with Crippen LogP contribution in [0.3, 0.4) is 0 Å². The van der Waals surface area contributed by atoms with Crippen LogP contribution in [0.25, 0.3) is 0 Å². The number of carbonyl (C=O) groups excluding carboxylic acids is 1. The molecule has 3 N–H and O–H groups in total. The van der Waals surface area contributed by atoms with Crippen LogP contribution < -0.4 is 11.1 Å². The van der Waals surface area contributed by atoms with Gasteiger partial charge in [0.1, 0.15) is 6.04 Å². The number of carbonyl (C=O) groups is 1. The average Bonchev–Trinajstić information content (AvgIpc) is 2.47. The van der Waals surface area contributed by atoms with E-state index in [1.165, 1.54) is 24.8 Å². The van der Waals surface area contributed by atoms with Gasteiger partial charge in [0.25, 0.3) is 0 Å². The minimum atomic E-state index is -0.569. The molecule has 1 aromatic carbocycles. The maximum absolute atomic E-state index is 12.4. The fraction of sp³-hybridized carbons (Fsp3) is 0.611. The summed E-state index contributed by atoms with van der Waals surface area (Å²) in [6.45, 7) is 6.52. The van der Waals surface area contributed by atoms with Gasteiger partial charge in [-0.2, -0.15) is 0 Å². The molecule has 1 fully saturated rings. The minimum absolute atomic E-state index is 0.0450. The number of nitrogens with one attached hydrogen (secondary N) is 1. The van der Waals surface area contributed by atoms with Gasteiger partial charge in [-0.25, -0.2) is 0 Å². The van der Waals surface area contributed by atoms with Crippen molar-refractivity contribution in [3.8, 4) is 0 Å². The van der Waals surface area contributed by atoms with Gasteiger partial charge >= 0.3 is 0 Å². The van der Waals surface area contributed by atoms with Gasteiger partial charge in [0.2, 0.25) is 5.91 Å². The number of nitrogens with two attached hydrogens (primary N) is 1. The normalized spacial score (nSPS) is 23.9. The molecule has 0 heterocycles. The Labute approximate surface area is 128 Å². The summed E-state index contributed by atoms with van der Waals surface area (Å²) in [5, 5.41) is 3.20. The largest absolute Gasteiger partial charge is 0.351 e. The Balaban J connectivity index is 2.00. The molecule has 3 nitrogen and oxygen atoms in total. The Hall–Kier alpha value is -1.35. The monoisotopic (exact) mass is 288 g/mol. The summed E-state index contributed by atoms with van der Waals surface area (Å²) >= 11 is 0. The van der Waals surface area contributed by atoms with E-state index in [1.54, 1.807) is 0 Å². The first-order valence-corrected chi connectivity index (χ1v) is 8.11. The molecule has 2 rings (SSSR count). The highest BCUT2D eigenvalue weighted by Gasteiger charge is 2.30. The highest BCUT2D eigenvalue weighted by molar-refractivity contribution is 5.83. The maximum atomic E-state index is 12.4. The van der Waals surface area contributed by atoms with Gasteiger partial charge in [0.05, 0.1) is 0 Å². The first-order chi connectivity index (χ1) is 9.99. The molecule has 0 saturated heterocycles. The quantitative estimate of drug-likeness (QED) is 0.893. The van der Waals surface area contributed by atoms with Crippen LogP contribution in [-0.4, -0.2) is 11.9 Å². The Morgan fingerprint density at radius 1 is 1.19 bits per heavy atom. The van der Waals surface area contributed by atoms with Crippen molar-refractivity contribution in [1.29, 1.82) is 0 Å². The van der Waals surface area contributed by atoms with E-state index in [2.05, 4.69) is 19.2 Å². The highest BCUT2D eigenvalue weighted by atomic mass is 16.2. The molecule has 1 aromatic rings. The first kappa shape index (κ1) is 16.0. The SMILES string of the molecule is Cc1ccc(C(N)C(=O)NC2CCCCC2C(C)C)cc1. The van der Waals surface area contributed by atoms with Gasteiger partial charge in [-0.05, 0) is 37.2 Å². The van der Waals surface area contributed by atoms with Crippen LogP contribution >= 0.6 is 0 Å². The molecule has 1 aliphatic rings. The third kappa shape index (κ3) is 4.07. The lowest BCUT2D eigenvalue weighted by Gasteiger charge is -2.35. The van der Waals surface area contributed by atoms with Gasteiger partial charge in [-0.1, -0.05) is 56.5 Å². The Morgan fingerprint density at radius 3 is 2.43 bits per heavy atom. The molecular formula is C18H28N2O. The molecule has 0 spiro atoms. The molecule has 0 aliphatic heterocycles. The topological polar surface area (TPSA) is 55.1 Å². The molecule has 21 heavy (non-hydrogen) atoms. The van der Waals surface area contributed by atoms with Crippen molar-refractivity contribution in [3.63, 3.8) is 0 Å². The Kier molecular flexibility index (Phi) is 5.40. The molecule has 1 saturated carbocycles. The van der Waals surface area contributed by atoms with Crippen molar-refractivity contribution in [3.05, 3.63) is 35.4 Å². The summed E-state index contributed by atoms with van der Waals surface area (Å²) in [6.07, 6.45) is 4.77. The number of hydrogen-bond donors (Lipinski definition) is 2. The zero-order chi connectivity index (χ0) is 15.4. The van der Waals surface area contributed by atoms with Crippen LogP contribution in [0.4, 0.5) is 0 Å². The molecule has 116 valence electrons. The second-order valence-corrected chi connectivity index (χ2v) is 6.70. The number of aryl methyl sites for hydroxylation is 1. The second-order valence-electron chi connectivity index (χ2n) is 6.70.